The molecule has 0 radical (unpaired) electrons. The lowest BCUT2D eigenvalue weighted by Crippen LogP contribution is -2.18. The number of nitrogens with zero attached hydrogens (tertiary/aromatic N) is 3. The van der Waals surface area contributed by atoms with Crippen LogP contribution in [0.5, 0.6) is 11.5 Å². The van der Waals surface area contributed by atoms with Crippen LogP contribution in [0, 0.1) is 0 Å². The smallest absolute Gasteiger partial charge is 0.161 e. The lowest BCUT2D eigenvalue weighted by molar-refractivity contribution is 0.269. The Hall–Kier alpha value is -3.64. The third-order valence-corrected chi connectivity index (χ3v) is 5.23. The van der Waals surface area contributed by atoms with Crippen LogP contribution < -0.4 is 14.8 Å². The zero-order chi connectivity index (χ0) is 22.2. The summed E-state index contributed by atoms with van der Waals surface area (Å²) in [4.78, 5) is 3.99. The van der Waals surface area contributed by atoms with Gasteiger partial charge in [0.2, 0.25) is 0 Å². The lowest BCUT2D eigenvalue weighted by Gasteiger charge is -2.17. The van der Waals surface area contributed by atoms with Gasteiger partial charge in [0.1, 0.15) is 19.3 Å². The Bertz CT molecular complexity index is 1100. The van der Waals surface area contributed by atoms with Crippen molar-refractivity contribution < 1.29 is 9.47 Å². The normalized spacial score (nSPS) is 11.8. The molecule has 1 heterocycles. The summed E-state index contributed by atoms with van der Waals surface area (Å²) in [6.07, 6.45) is 3.23. The van der Waals surface area contributed by atoms with Crippen LogP contribution in [0.4, 0.5) is 0 Å². The molecule has 0 aliphatic heterocycles. The van der Waals surface area contributed by atoms with Crippen LogP contribution in [0.25, 0.3) is 5.69 Å². The van der Waals surface area contributed by atoms with Crippen LogP contribution in [0.1, 0.15) is 36.6 Å². The van der Waals surface area contributed by atoms with Crippen LogP contribution in [0.15, 0.2) is 85.5 Å². The van der Waals surface area contributed by atoms with Crippen molar-refractivity contribution in [2.45, 2.75) is 33.0 Å². The number of nitrogens with one attached hydrogen (secondary N) is 1. The van der Waals surface area contributed by atoms with Crippen molar-refractivity contribution in [2.75, 3.05) is 6.61 Å². The fourth-order valence-corrected chi connectivity index (χ4v) is 3.43. The highest BCUT2D eigenvalue weighted by molar-refractivity contribution is 5.43. The second-order valence-corrected chi connectivity index (χ2v) is 7.52. The Morgan fingerprint density at radius 2 is 1.72 bits per heavy atom. The molecule has 0 amide bonds. The molecule has 3 aromatic carbocycles. The van der Waals surface area contributed by atoms with E-state index in [9.17, 15) is 0 Å². The molecule has 32 heavy (non-hydrogen) atoms. The second kappa shape index (κ2) is 10.6. The highest BCUT2D eigenvalue weighted by Gasteiger charge is 2.10. The van der Waals surface area contributed by atoms with E-state index in [4.69, 9.17) is 9.47 Å². The number of rotatable bonds is 10. The van der Waals surface area contributed by atoms with Crippen LogP contribution >= 0.6 is 0 Å². The number of aromatic nitrogens is 3. The average molecular weight is 429 g/mol. The first-order valence-electron chi connectivity index (χ1n) is 10.8. The minimum atomic E-state index is 0.198. The third kappa shape index (κ3) is 5.53. The van der Waals surface area contributed by atoms with Crippen molar-refractivity contribution in [2.24, 2.45) is 0 Å². The Labute approximate surface area is 188 Å². The van der Waals surface area contributed by atoms with Gasteiger partial charge >= 0.3 is 0 Å². The fraction of sp³-hybridized carbons (Fsp3) is 0.231. The van der Waals surface area contributed by atoms with E-state index < -0.39 is 0 Å². The molecule has 1 unspecified atom stereocenters. The predicted molar refractivity (Wildman–Crippen MR) is 125 cm³/mol. The number of benzene rings is 3. The molecule has 0 fully saturated rings. The molecule has 0 saturated carbocycles. The van der Waals surface area contributed by atoms with Crippen molar-refractivity contribution in [1.29, 1.82) is 0 Å². The van der Waals surface area contributed by atoms with Crippen LogP contribution in [-0.2, 0) is 13.2 Å². The number of hydrogen-bond acceptors (Lipinski definition) is 5. The summed E-state index contributed by atoms with van der Waals surface area (Å²) in [6, 6.07) is 24.8. The van der Waals surface area contributed by atoms with Crippen molar-refractivity contribution in [3.05, 3.63) is 102 Å². The van der Waals surface area contributed by atoms with E-state index in [0.717, 1.165) is 34.9 Å². The van der Waals surface area contributed by atoms with E-state index in [-0.39, 0.29) is 6.04 Å². The van der Waals surface area contributed by atoms with Gasteiger partial charge < -0.3 is 14.8 Å². The molecule has 0 aliphatic rings. The first kappa shape index (κ1) is 21.6. The van der Waals surface area contributed by atoms with E-state index in [1.807, 2.05) is 43.3 Å². The molecular weight excluding hydrogens is 400 g/mol. The lowest BCUT2D eigenvalue weighted by atomic mass is 10.1. The topological polar surface area (TPSA) is 61.2 Å². The van der Waals surface area contributed by atoms with Gasteiger partial charge in [-0.3, -0.25) is 0 Å². The Kier molecular flexibility index (Phi) is 7.15. The fourth-order valence-electron chi connectivity index (χ4n) is 3.43. The van der Waals surface area contributed by atoms with Gasteiger partial charge in [0, 0.05) is 12.6 Å². The number of ether oxygens (including phenoxy) is 2. The summed E-state index contributed by atoms with van der Waals surface area (Å²) in [5, 5.41) is 7.75. The minimum Gasteiger partial charge on any atom is -0.490 e. The SMILES string of the molecule is CCOc1cc(CNC(C)c2ccc(-n3cncn3)cc2)ccc1OCc1ccccc1. The minimum absolute atomic E-state index is 0.198. The van der Waals surface area contributed by atoms with Crippen molar-refractivity contribution in [1.82, 2.24) is 20.1 Å². The van der Waals surface area contributed by atoms with Gasteiger partial charge in [-0.25, -0.2) is 9.67 Å². The molecular formula is C26H28N4O2. The third-order valence-electron chi connectivity index (χ3n) is 5.23. The molecule has 1 atom stereocenters. The van der Waals surface area contributed by atoms with Gasteiger partial charge in [-0.05, 0) is 54.8 Å². The molecule has 1 aromatic heterocycles. The summed E-state index contributed by atoms with van der Waals surface area (Å²) >= 11 is 0. The van der Waals surface area contributed by atoms with Crippen LogP contribution in [0.3, 0.4) is 0 Å². The summed E-state index contributed by atoms with van der Waals surface area (Å²) in [7, 11) is 0. The van der Waals surface area contributed by atoms with Crippen LogP contribution in [0.2, 0.25) is 0 Å². The highest BCUT2D eigenvalue weighted by Crippen LogP contribution is 2.29. The molecule has 164 valence electrons. The van der Waals surface area contributed by atoms with Crippen molar-refractivity contribution in [3.8, 4) is 17.2 Å². The van der Waals surface area contributed by atoms with E-state index in [1.165, 1.54) is 11.9 Å². The summed E-state index contributed by atoms with van der Waals surface area (Å²) in [5.41, 5.74) is 4.48. The summed E-state index contributed by atoms with van der Waals surface area (Å²) in [5.74, 6) is 1.53. The molecule has 1 N–H and O–H groups in total. The molecule has 6 nitrogen and oxygen atoms in total. The van der Waals surface area contributed by atoms with Gasteiger partial charge in [-0.15, -0.1) is 0 Å². The summed E-state index contributed by atoms with van der Waals surface area (Å²) in [6.45, 7) is 5.97. The monoisotopic (exact) mass is 428 g/mol. The summed E-state index contributed by atoms with van der Waals surface area (Å²) < 4.78 is 13.6. The van der Waals surface area contributed by atoms with Gasteiger partial charge in [0.15, 0.2) is 11.5 Å². The quantitative estimate of drug-likeness (QED) is 0.381. The average Bonchev–Trinajstić information content (AvgIpc) is 3.38. The van der Waals surface area contributed by atoms with Crippen molar-refractivity contribution >= 4 is 0 Å². The Morgan fingerprint density at radius 1 is 0.906 bits per heavy atom. The highest BCUT2D eigenvalue weighted by atomic mass is 16.5. The second-order valence-electron chi connectivity index (χ2n) is 7.52. The molecule has 0 bridgehead atoms. The standard InChI is InChI=1S/C26H28N4O2/c1-3-31-26-15-22(9-14-25(26)32-17-21-7-5-4-6-8-21)16-28-20(2)23-10-12-24(13-11-23)30-19-27-18-29-30/h4-15,18-20,28H,3,16-17H2,1-2H3. The molecule has 0 spiro atoms. The van der Waals surface area contributed by atoms with Gasteiger partial charge in [-0.1, -0.05) is 48.5 Å². The molecule has 4 aromatic rings. The zero-order valence-corrected chi connectivity index (χ0v) is 18.4. The predicted octanol–water partition coefficient (Wildman–Crippen LogP) is 5.10. The van der Waals surface area contributed by atoms with E-state index in [2.05, 4.69) is 58.7 Å². The maximum atomic E-state index is 6.01. The van der Waals surface area contributed by atoms with Gasteiger partial charge in [-0.2, -0.15) is 5.10 Å². The van der Waals surface area contributed by atoms with E-state index in [0.29, 0.717) is 13.2 Å². The van der Waals surface area contributed by atoms with Gasteiger partial charge in [0.05, 0.1) is 12.3 Å². The molecule has 0 saturated heterocycles. The maximum absolute atomic E-state index is 6.01. The largest absolute Gasteiger partial charge is 0.490 e. The van der Waals surface area contributed by atoms with E-state index in [1.54, 1.807) is 11.0 Å². The van der Waals surface area contributed by atoms with E-state index >= 15 is 0 Å². The molecule has 0 aliphatic carbocycles. The number of hydrogen-bond donors (Lipinski definition) is 1. The van der Waals surface area contributed by atoms with Crippen molar-refractivity contribution in [3.63, 3.8) is 0 Å². The first-order chi connectivity index (χ1) is 15.7. The molecule has 6 heteroatoms. The Balaban J connectivity index is 1.37. The zero-order valence-electron chi connectivity index (χ0n) is 18.4. The maximum Gasteiger partial charge on any atom is 0.161 e. The Morgan fingerprint density at radius 3 is 2.44 bits per heavy atom. The van der Waals surface area contributed by atoms with Gasteiger partial charge in [0.25, 0.3) is 0 Å². The first-order valence-corrected chi connectivity index (χ1v) is 10.8. The molecule has 4 rings (SSSR count). The van der Waals surface area contributed by atoms with Crippen LogP contribution in [-0.4, -0.2) is 21.4 Å².